The van der Waals surface area contributed by atoms with Crippen molar-refractivity contribution in [3.63, 3.8) is 0 Å². The second-order valence-corrected chi connectivity index (χ2v) is 4.42. The van der Waals surface area contributed by atoms with Crippen molar-refractivity contribution in [2.75, 3.05) is 26.2 Å². The molecular formula is C10H13F3N2O3. The van der Waals surface area contributed by atoms with Gasteiger partial charge in [0.15, 0.2) is 0 Å². The van der Waals surface area contributed by atoms with Gasteiger partial charge in [0.2, 0.25) is 5.91 Å². The van der Waals surface area contributed by atoms with Gasteiger partial charge in [0.1, 0.15) is 6.54 Å². The number of hydrogen-bond acceptors (Lipinski definition) is 3. The Morgan fingerprint density at radius 2 is 2.17 bits per heavy atom. The van der Waals surface area contributed by atoms with Crippen LogP contribution in [0.3, 0.4) is 0 Å². The lowest BCUT2D eigenvalue weighted by Gasteiger charge is -2.20. The molecule has 0 aromatic carbocycles. The van der Waals surface area contributed by atoms with E-state index in [1.165, 1.54) is 0 Å². The molecule has 0 saturated carbocycles. The van der Waals surface area contributed by atoms with Gasteiger partial charge in [-0.05, 0) is 6.42 Å². The minimum Gasteiger partial charge on any atom is -0.333 e. The van der Waals surface area contributed by atoms with Crippen molar-refractivity contribution in [3.05, 3.63) is 0 Å². The molecule has 2 aliphatic heterocycles. The summed E-state index contributed by atoms with van der Waals surface area (Å²) >= 11 is 0. The van der Waals surface area contributed by atoms with Gasteiger partial charge in [0.05, 0.1) is 19.1 Å². The number of amides is 2. The SMILES string of the molecule is O=C1CC(C(=O)N2CCCO2)CN1CC(F)(F)F. The van der Waals surface area contributed by atoms with Gasteiger partial charge in [0, 0.05) is 13.0 Å². The van der Waals surface area contributed by atoms with Crippen LogP contribution in [0.5, 0.6) is 0 Å². The van der Waals surface area contributed by atoms with Gasteiger partial charge < -0.3 is 4.90 Å². The highest BCUT2D eigenvalue weighted by Gasteiger charge is 2.42. The molecule has 0 aliphatic carbocycles. The smallest absolute Gasteiger partial charge is 0.333 e. The highest BCUT2D eigenvalue weighted by molar-refractivity contribution is 5.88. The standard InChI is InChI=1S/C10H13F3N2O3/c11-10(12,13)6-14-5-7(4-8(14)16)9(17)15-2-1-3-18-15/h7H,1-6H2. The predicted octanol–water partition coefficient (Wildman–Crippen LogP) is 0.561. The molecule has 102 valence electrons. The number of hydroxylamine groups is 2. The van der Waals surface area contributed by atoms with Gasteiger partial charge in [-0.1, -0.05) is 0 Å². The van der Waals surface area contributed by atoms with Crippen LogP contribution in [-0.4, -0.2) is 54.2 Å². The van der Waals surface area contributed by atoms with E-state index in [0.717, 1.165) is 5.06 Å². The maximum absolute atomic E-state index is 12.2. The average molecular weight is 266 g/mol. The molecule has 8 heteroatoms. The Morgan fingerprint density at radius 1 is 1.44 bits per heavy atom. The van der Waals surface area contributed by atoms with Crippen LogP contribution in [0.15, 0.2) is 0 Å². The van der Waals surface area contributed by atoms with Crippen LogP contribution in [0, 0.1) is 5.92 Å². The van der Waals surface area contributed by atoms with Gasteiger partial charge in [-0.2, -0.15) is 13.2 Å². The van der Waals surface area contributed by atoms with E-state index >= 15 is 0 Å². The molecule has 0 N–H and O–H groups in total. The number of carbonyl (C=O) groups is 2. The number of carbonyl (C=O) groups excluding carboxylic acids is 2. The zero-order valence-electron chi connectivity index (χ0n) is 9.57. The van der Waals surface area contributed by atoms with Crippen LogP contribution < -0.4 is 0 Å². The first-order valence-electron chi connectivity index (χ1n) is 5.65. The maximum atomic E-state index is 12.2. The van der Waals surface area contributed by atoms with Crippen molar-refractivity contribution in [2.24, 2.45) is 5.92 Å². The minimum atomic E-state index is -4.43. The molecule has 1 unspecified atom stereocenters. The van der Waals surface area contributed by atoms with E-state index in [-0.39, 0.29) is 13.0 Å². The quantitative estimate of drug-likeness (QED) is 0.734. The summed E-state index contributed by atoms with van der Waals surface area (Å²) in [5.41, 5.74) is 0. The van der Waals surface area contributed by atoms with Crippen molar-refractivity contribution in [1.29, 1.82) is 0 Å². The van der Waals surface area contributed by atoms with E-state index < -0.39 is 30.5 Å². The molecule has 0 radical (unpaired) electrons. The van der Waals surface area contributed by atoms with Crippen LogP contribution in [0.2, 0.25) is 0 Å². The zero-order chi connectivity index (χ0) is 13.3. The third-order valence-corrected chi connectivity index (χ3v) is 2.93. The molecular weight excluding hydrogens is 253 g/mol. The Balaban J connectivity index is 1.93. The van der Waals surface area contributed by atoms with E-state index in [4.69, 9.17) is 4.84 Å². The van der Waals surface area contributed by atoms with Gasteiger partial charge >= 0.3 is 6.18 Å². The van der Waals surface area contributed by atoms with E-state index in [9.17, 15) is 22.8 Å². The molecule has 2 saturated heterocycles. The molecule has 2 fully saturated rings. The summed E-state index contributed by atoms with van der Waals surface area (Å²) in [6, 6.07) is 0. The molecule has 0 spiro atoms. The molecule has 2 heterocycles. The first-order chi connectivity index (χ1) is 8.37. The molecule has 0 aromatic rings. The summed E-state index contributed by atoms with van der Waals surface area (Å²) in [6.07, 6.45) is -3.90. The second kappa shape index (κ2) is 4.75. The first kappa shape index (κ1) is 13.1. The van der Waals surface area contributed by atoms with Crippen molar-refractivity contribution in [2.45, 2.75) is 19.0 Å². The van der Waals surface area contributed by atoms with Crippen molar-refractivity contribution in [1.82, 2.24) is 9.96 Å². The Labute approximate surface area is 101 Å². The number of alkyl halides is 3. The lowest BCUT2D eigenvalue weighted by molar-refractivity contribution is -0.173. The average Bonchev–Trinajstić information content (AvgIpc) is 2.86. The lowest BCUT2D eigenvalue weighted by atomic mass is 10.1. The zero-order valence-corrected chi connectivity index (χ0v) is 9.57. The van der Waals surface area contributed by atoms with E-state index in [1.807, 2.05) is 0 Å². The third-order valence-electron chi connectivity index (χ3n) is 2.93. The summed E-state index contributed by atoms with van der Waals surface area (Å²) in [6.45, 7) is -0.616. The van der Waals surface area contributed by atoms with Crippen LogP contribution in [0.1, 0.15) is 12.8 Å². The summed E-state index contributed by atoms with van der Waals surface area (Å²) in [5, 5.41) is 1.15. The van der Waals surface area contributed by atoms with Gasteiger partial charge in [0.25, 0.3) is 5.91 Å². The van der Waals surface area contributed by atoms with Crippen LogP contribution in [-0.2, 0) is 14.4 Å². The molecule has 1 atom stereocenters. The van der Waals surface area contributed by atoms with Crippen LogP contribution >= 0.6 is 0 Å². The minimum absolute atomic E-state index is 0.172. The molecule has 0 aromatic heterocycles. The maximum Gasteiger partial charge on any atom is 0.406 e. The van der Waals surface area contributed by atoms with Crippen molar-refractivity contribution >= 4 is 11.8 Å². The number of likely N-dealkylation sites (tertiary alicyclic amines) is 1. The summed E-state index contributed by atoms with van der Waals surface area (Å²) in [7, 11) is 0. The summed E-state index contributed by atoms with van der Waals surface area (Å²) < 4.78 is 36.6. The van der Waals surface area contributed by atoms with Gasteiger partial charge in [-0.3, -0.25) is 14.4 Å². The highest BCUT2D eigenvalue weighted by atomic mass is 19.4. The molecule has 0 bridgehead atoms. The topological polar surface area (TPSA) is 49.9 Å². The fourth-order valence-electron chi connectivity index (χ4n) is 2.13. The van der Waals surface area contributed by atoms with E-state index in [0.29, 0.717) is 24.5 Å². The number of halogens is 3. The van der Waals surface area contributed by atoms with Gasteiger partial charge in [-0.15, -0.1) is 0 Å². The Morgan fingerprint density at radius 3 is 2.72 bits per heavy atom. The van der Waals surface area contributed by atoms with Crippen LogP contribution in [0.25, 0.3) is 0 Å². The fourth-order valence-corrected chi connectivity index (χ4v) is 2.13. The van der Waals surface area contributed by atoms with Crippen molar-refractivity contribution < 1.29 is 27.6 Å². The normalized spacial score (nSPS) is 25.1. The van der Waals surface area contributed by atoms with Crippen LogP contribution in [0.4, 0.5) is 13.2 Å². The molecule has 2 aliphatic rings. The fraction of sp³-hybridized carbons (Fsp3) is 0.800. The molecule has 2 rings (SSSR count). The molecule has 18 heavy (non-hydrogen) atoms. The second-order valence-electron chi connectivity index (χ2n) is 4.42. The van der Waals surface area contributed by atoms with Gasteiger partial charge in [-0.25, -0.2) is 5.06 Å². The molecule has 5 nitrogen and oxygen atoms in total. The summed E-state index contributed by atoms with van der Waals surface area (Å²) in [5.74, 6) is -1.76. The Bertz CT molecular complexity index is 353. The number of hydrogen-bond donors (Lipinski definition) is 0. The largest absolute Gasteiger partial charge is 0.406 e. The number of nitrogens with zero attached hydrogens (tertiary/aromatic N) is 2. The highest BCUT2D eigenvalue weighted by Crippen LogP contribution is 2.25. The lowest BCUT2D eigenvalue weighted by Crippen LogP contribution is -2.37. The van der Waals surface area contributed by atoms with E-state index in [2.05, 4.69) is 0 Å². The first-order valence-corrected chi connectivity index (χ1v) is 5.65. The van der Waals surface area contributed by atoms with E-state index in [1.54, 1.807) is 0 Å². The van der Waals surface area contributed by atoms with Crippen molar-refractivity contribution in [3.8, 4) is 0 Å². The Kier molecular flexibility index (Phi) is 3.47. The number of rotatable bonds is 2. The Hall–Kier alpha value is -1.31. The third kappa shape index (κ3) is 2.92. The molecule has 2 amide bonds. The monoisotopic (exact) mass is 266 g/mol. The predicted molar refractivity (Wildman–Crippen MR) is 53.0 cm³/mol. The summed E-state index contributed by atoms with van der Waals surface area (Å²) in [4.78, 5) is 29.0.